The van der Waals surface area contributed by atoms with E-state index in [9.17, 15) is 0 Å². The number of benzene rings is 2. The van der Waals surface area contributed by atoms with Crippen LogP contribution in [0.2, 0.25) is 0 Å². The summed E-state index contributed by atoms with van der Waals surface area (Å²) in [6.45, 7) is 0. The van der Waals surface area contributed by atoms with Crippen molar-refractivity contribution < 1.29 is 0 Å². The number of para-hydroxylation sites is 1. The first-order valence-electron chi connectivity index (χ1n) is 7.51. The molecular formula is C18H11N5S. The van der Waals surface area contributed by atoms with Crippen LogP contribution in [0, 0.1) is 0 Å². The van der Waals surface area contributed by atoms with Crippen molar-refractivity contribution in [3.05, 3.63) is 67.0 Å². The second-order valence-corrected chi connectivity index (χ2v) is 6.41. The van der Waals surface area contributed by atoms with Gasteiger partial charge in [0, 0.05) is 4.88 Å². The van der Waals surface area contributed by atoms with Crippen LogP contribution in [0.4, 0.5) is 0 Å². The molecule has 0 amide bonds. The fourth-order valence-electron chi connectivity index (χ4n) is 2.78. The van der Waals surface area contributed by atoms with E-state index >= 15 is 0 Å². The minimum atomic E-state index is 0.757. The molecule has 0 bridgehead atoms. The first-order valence-corrected chi connectivity index (χ1v) is 8.32. The fourth-order valence-corrected chi connectivity index (χ4v) is 3.78. The molecule has 0 radical (unpaired) electrons. The Morgan fingerprint density at radius 3 is 2.62 bits per heavy atom. The van der Waals surface area contributed by atoms with Crippen LogP contribution >= 0.6 is 11.3 Å². The SMILES string of the molecule is c1ccc(-c2cc3c(-n4nnc5ccccc54)ncnc3s2)cc1. The summed E-state index contributed by atoms with van der Waals surface area (Å²) < 4.78 is 1.78. The lowest BCUT2D eigenvalue weighted by Gasteiger charge is -2.01. The van der Waals surface area contributed by atoms with Gasteiger partial charge in [-0.05, 0) is 23.8 Å². The lowest BCUT2D eigenvalue weighted by molar-refractivity contribution is 0.805. The summed E-state index contributed by atoms with van der Waals surface area (Å²) in [6.07, 6.45) is 1.58. The number of aromatic nitrogens is 5. The van der Waals surface area contributed by atoms with Gasteiger partial charge in [0.15, 0.2) is 5.82 Å². The van der Waals surface area contributed by atoms with Gasteiger partial charge in [0.25, 0.3) is 0 Å². The van der Waals surface area contributed by atoms with E-state index in [0.29, 0.717) is 0 Å². The van der Waals surface area contributed by atoms with Crippen molar-refractivity contribution in [2.45, 2.75) is 0 Å². The molecular weight excluding hydrogens is 318 g/mol. The van der Waals surface area contributed by atoms with Crippen LogP contribution in [0.5, 0.6) is 0 Å². The minimum Gasteiger partial charge on any atom is -0.225 e. The predicted molar refractivity (Wildman–Crippen MR) is 95.3 cm³/mol. The Labute approximate surface area is 141 Å². The van der Waals surface area contributed by atoms with Gasteiger partial charge in [-0.2, -0.15) is 4.68 Å². The molecule has 0 N–H and O–H groups in total. The predicted octanol–water partition coefficient (Wildman–Crippen LogP) is 4.09. The average molecular weight is 329 g/mol. The number of fused-ring (bicyclic) bond motifs is 2. The minimum absolute atomic E-state index is 0.757. The van der Waals surface area contributed by atoms with Crippen molar-refractivity contribution in [2.75, 3.05) is 0 Å². The summed E-state index contributed by atoms with van der Waals surface area (Å²) in [5, 5.41) is 9.48. The quantitative estimate of drug-likeness (QED) is 0.489. The second kappa shape index (κ2) is 5.21. The van der Waals surface area contributed by atoms with Gasteiger partial charge in [-0.15, -0.1) is 16.4 Å². The van der Waals surface area contributed by atoms with Crippen LogP contribution < -0.4 is 0 Å². The lowest BCUT2D eigenvalue weighted by atomic mass is 10.2. The molecule has 3 aromatic heterocycles. The zero-order chi connectivity index (χ0) is 15.9. The van der Waals surface area contributed by atoms with Gasteiger partial charge >= 0.3 is 0 Å². The number of nitrogens with zero attached hydrogens (tertiary/aromatic N) is 5. The van der Waals surface area contributed by atoms with Crippen molar-refractivity contribution in [3.8, 4) is 16.3 Å². The summed E-state index contributed by atoms with van der Waals surface area (Å²) >= 11 is 1.65. The Balaban J connectivity index is 1.76. The largest absolute Gasteiger partial charge is 0.225 e. The summed E-state index contributed by atoms with van der Waals surface area (Å²) in [5.74, 6) is 0.757. The van der Waals surface area contributed by atoms with E-state index in [2.05, 4.69) is 38.5 Å². The number of hydrogen-bond donors (Lipinski definition) is 0. The third kappa shape index (κ3) is 2.00. The lowest BCUT2D eigenvalue weighted by Crippen LogP contribution is -2.00. The van der Waals surface area contributed by atoms with E-state index in [0.717, 1.165) is 31.9 Å². The Morgan fingerprint density at radius 2 is 1.71 bits per heavy atom. The molecule has 0 spiro atoms. The number of hydrogen-bond acceptors (Lipinski definition) is 5. The van der Waals surface area contributed by atoms with Gasteiger partial charge in [0.1, 0.15) is 16.7 Å². The van der Waals surface area contributed by atoms with Crippen LogP contribution in [-0.4, -0.2) is 25.0 Å². The topological polar surface area (TPSA) is 56.5 Å². The molecule has 5 aromatic rings. The van der Waals surface area contributed by atoms with Crippen LogP contribution in [0.15, 0.2) is 67.0 Å². The van der Waals surface area contributed by atoms with Gasteiger partial charge < -0.3 is 0 Å². The summed E-state index contributed by atoms with van der Waals surface area (Å²) in [5.41, 5.74) is 2.96. The molecule has 0 saturated heterocycles. The third-order valence-corrected chi connectivity index (χ3v) is 5.01. The standard InChI is InChI=1S/C18H11N5S/c1-2-6-12(7-3-1)16-10-13-17(19-11-20-18(13)24-16)23-15-9-5-4-8-14(15)21-22-23/h1-11H. The zero-order valence-electron chi connectivity index (χ0n) is 12.5. The summed E-state index contributed by atoms with van der Waals surface area (Å²) in [7, 11) is 0. The van der Waals surface area contributed by atoms with E-state index in [1.54, 1.807) is 22.3 Å². The first-order chi connectivity index (χ1) is 11.9. The molecule has 0 aliphatic heterocycles. The molecule has 3 heterocycles. The number of rotatable bonds is 2. The van der Waals surface area contributed by atoms with E-state index < -0.39 is 0 Å². The molecule has 0 atom stereocenters. The molecule has 114 valence electrons. The maximum absolute atomic E-state index is 4.46. The average Bonchev–Trinajstić information content (AvgIpc) is 3.26. The molecule has 0 aliphatic rings. The first kappa shape index (κ1) is 13.3. The Morgan fingerprint density at radius 1 is 0.875 bits per heavy atom. The highest BCUT2D eigenvalue weighted by Crippen LogP contribution is 2.34. The highest BCUT2D eigenvalue weighted by molar-refractivity contribution is 7.21. The van der Waals surface area contributed by atoms with Gasteiger partial charge in [-0.25, -0.2) is 9.97 Å². The van der Waals surface area contributed by atoms with Gasteiger partial charge in [0.05, 0.1) is 10.9 Å². The maximum atomic E-state index is 4.46. The highest BCUT2D eigenvalue weighted by atomic mass is 32.1. The molecule has 0 saturated carbocycles. The van der Waals surface area contributed by atoms with Crippen molar-refractivity contribution in [1.82, 2.24) is 25.0 Å². The monoisotopic (exact) mass is 329 g/mol. The van der Waals surface area contributed by atoms with E-state index in [-0.39, 0.29) is 0 Å². The van der Waals surface area contributed by atoms with Gasteiger partial charge in [0.2, 0.25) is 0 Å². The van der Waals surface area contributed by atoms with Gasteiger partial charge in [-0.3, -0.25) is 0 Å². The molecule has 24 heavy (non-hydrogen) atoms. The molecule has 6 heteroatoms. The van der Waals surface area contributed by atoms with E-state index in [1.165, 1.54) is 5.56 Å². The molecule has 0 fully saturated rings. The van der Waals surface area contributed by atoms with Crippen molar-refractivity contribution in [3.63, 3.8) is 0 Å². The van der Waals surface area contributed by atoms with Crippen molar-refractivity contribution in [1.29, 1.82) is 0 Å². The van der Waals surface area contributed by atoms with Gasteiger partial charge in [-0.1, -0.05) is 47.7 Å². The Kier molecular flexibility index (Phi) is 2.89. The highest BCUT2D eigenvalue weighted by Gasteiger charge is 2.14. The molecule has 0 aliphatic carbocycles. The maximum Gasteiger partial charge on any atom is 0.167 e. The van der Waals surface area contributed by atoms with Crippen LogP contribution in [0.25, 0.3) is 37.5 Å². The fraction of sp³-hybridized carbons (Fsp3) is 0. The summed E-state index contributed by atoms with van der Waals surface area (Å²) in [6, 6.07) is 20.3. The molecule has 2 aromatic carbocycles. The van der Waals surface area contributed by atoms with Crippen LogP contribution in [-0.2, 0) is 0 Å². The normalized spacial score (nSPS) is 11.3. The smallest absolute Gasteiger partial charge is 0.167 e. The Bertz CT molecular complexity index is 1160. The van der Waals surface area contributed by atoms with Crippen molar-refractivity contribution >= 4 is 32.6 Å². The molecule has 5 rings (SSSR count). The second-order valence-electron chi connectivity index (χ2n) is 5.38. The van der Waals surface area contributed by atoms with Crippen LogP contribution in [0.3, 0.4) is 0 Å². The number of thiophene rings is 1. The third-order valence-electron chi connectivity index (χ3n) is 3.92. The zero-order valence-corrected chi connectivity index (χ0v) is 13.3. The van der Waals surface area contributed by atoms with E-state index in [4.69, 9.17) is 0 Å². The van der Waals surface area contributed by atoms with Crippen molar-refractivity contribution in [2.24, 2.45) is 0 Å². The molecule has 0 unspecified atom stereocenters. The van der Waals surface area contributed by atoms with Crippen LogP contribution in [0.1, 0.15) is 0 Å². The summed E-state index contributed by atoms with van der Waals surface area (Å²) in [4.78, 5) is 11.0. The Hall–Kier alpha value is -3.12. The molecule has 5 nitrogen and oxygen atoms in total. The van der Waals surface area contributed by atoms with E-state index in [1.807, 2.05) is 42.5 Å².